The highest BCUT2D eigenvalue weighted by Crippen LogP contribution is 2.42. The number of methoxy groups -OCH3 is 2. The molecule has 1 aliphatic carbocycles. The number of fused-ring (bicyclic) bond motifs is 1. The molecule has 0 bridgehead atoms. The molecule has 8 nitrogen and oxygen atoms in total. The van der Waals surface area contributed by atoms with Crippen LogP contribution < -0.4 is 14.8 Å². The molecular formula is C23H28N2O6. The predicted octanol–water partition coefficient (Wildman–Crippen LogP) is 2.92. The van der Waals surface area contributed by atoms with Crippen LogP contribution in [0.1, 0.15) is 30.5 Å². The van der Waals surface area contributed by atoms with E-state index in [9.17, 15) is 9.59 Å². The predicted molar refractivity (Wildman–Crippen MR) is 114 cm³/mol. The second kappa shape index (κ2) is 9.68. The number of nitrogens with zero attached hydrogens (tertiary/aromatic N) is 1. The average Bonchev–Trinajstić information content (AvgIpc) is 3.19. The van der Waals surface area contributed by atoms with Gasteiger partial charge in [-0.25, -0.2) is 4.98 Å². The molecule has 31 heavy (non-hydrogen) atoms. The lowest BCUT2D eigenvalue weighted by atomic mass is 9.84. The van der Waals surface area contributed by atoms with Crippen LogP contribution >= 0.6 is 0 Å². The summed E-state index contributed by atoms with van der Waals surface area (Å²) in [5, 5.41) is 3.32. The molecule has 0 radical (unpaired) electrons. The number of benzene rings is 1. The third kappa shape index (κ3) is 4.42. The Bertz CT molecular complexity index is 941. The molecule has 8 heteroatoms. The maximum absolute atomic E-state index is 12.8. The molecule has 166 valence electrons. The van der Waals surface area contributed by atoms with E-state index in [1.807, 2.05) is 24.3 Å². The van der Waals surface area contributed by atoms with Crippen LogP contribution in [0.25, 0.3) is 0 Å². The Labute approximate surface area is 181 Å². The van der Waals surface area contributed by atoms with E-state index in [-0.39, 0.29) is 26.1 Å². The van der Waals surface area contributed by atoms with Crippen LogP contribution in [0.4, 0.5) is 5.82 Å². The van der Waals surface area contributed by atoms with Gasteiger partial charge in [0.15, 0.2) is 5.41 Å². The number of anilines is 1. The molecule has 0 unspecified atom stereocenters. The van der Waals surface area contributed by atoms with Gasteiger partial charge in [0, 0.05) is 30.8 Å². The Kier molecular flexibility index (Phi) is 6.99. The minimum absolute atomic E-state index is 0.177. The fraction of sp³-hybridized carbons (Fsp3) is 0.435. The molecule has 1 heterocycles. The number of ether oxygens (including phenoxy) is 4. The van der Waals surface area contributed by atoms with Crippen molar-refractivity contribution in [1.82, 2.24) is 4.98 Å². The lowest BCUT2D eigenvalue weighted by Crippen LogP contribution is -2.43. The zero-order valence-electron chi connectivity index (χ0n) is 18.3. The fourth-order valence-corrected chi connectivity index (χ4v) is 3.82. The van der Waals surface area contributed by atoms with Crippen molar-refractivity contribution in [2.24, 2.45) is 5.41 Å². The van der Waals surface area contributed by atoms with Gasteiger partial charge in [0.2, 0.25) is 0 Å². The summed E-state index contributed by atoms with van der Waals surface area (Å²) in [5.74, 6) is 0.880. The van der Waals surface area contributed by atoms with E-state index in [1.54, 1.807) is 34.3 Å². The first kappa shape index (κ1) is 22.4. The lowest BCUT2D eigenvalue weighted by molar-refractivity contribution is -0.171. The number of pyridine rings is 1. The van der Waals surface area contributed by atoms with Gasteiger partial charge in [0.05, 0.1) is 27.4 Å². The van der Waals surface area contributed by atoms with E-state index in [0.717, 1.165) is 16.7 Å². The Hall–Kier alpha value is -3.29. The molecule has 0 saturated carbocycles. The molecule has 0 amide bonds. The fourth-order valence-electron chi connectivity index (χ4n) is 3.82. The topological polar surface area (TPSA) is 96.0 Å². The largest absolute Gasteiger partial charge is 0.497 e. The van der Waals surface area contributed by atoms with Crippen molar-refractivity contribution in [3.8, 4) is 11.5 Å². The van der Waals surface area contributed by atoms with Crippen LogP contribution in [0.15, 0.2) is 30.5 Å². The molecule has 3 rings (SSSR count). The van der Waals surface area contributed by atoms with Crippen molar-refractivity contribution in [3.63, 3.8) is 0 Å². The van der Waals surface area contributed by atoms with Crippen LogP contribution in [0, 0.1) is 5.41 Å². The van der Waals surface area contributed by atoms with E-state index in [0.29, 0.717) is 23.9 Å². The van der Waals surface area contributed by atoms with Crippen molar-refractivity contribution < 1.29 is 28.5 Å². The summed E-state index contributed by atoms with van der Waals surface area (Å²) in [6, 6.07) is 7.41. The quantitative estimate of drug-likeness (QED) is 0.481. The molecule has 0 spiro atoms. The van der Waals surface area contributed by atoms with Gasteiger partial charge in [0.1, 0.15) is 17.3 Å². The number of nitrogens with one attached hydrogen (secondary N) is 1. The van der Waals surface area contributed by atoms with Gasteiger partial charge in [0.25, 0.3) is 0 Å². The summed E-state index contributed by atoms with van der Waals surface area (Å²) >= 11 is 0. The van der Waals surface area contributed by atoms with Gasteiger partial charge in [-0.2, -0.15) is 0 Å². The minimum atomic E-state index is -1.38. The molecule has 1 aliphatic rings. The summed E-state index contributed by atoms with van der Waals surface area (Å²) in [7, 11) is 3.20. The first-order valence-electron chi connectivity index (χ1n) is 10.2. The van der Waals surface area contributed by atoms with Crippen LogP contribution in [0.2, 0.25) is 0 Å². The van der Waals surface area contributed by atoms with Crippen molar-refractivity contribution in [2.75, 3.05) is 32.8 Å². The maximum atomic E-state index is 12.8. The summed E-state index contributed by atoms with van der Waals surface area (Å²) in [5.41, 5.74) is 1.23. The molecule has 0 aliphatic heterocycles. The summed E-state index contributed by atoms with van der Waals surface area (Å²) in [6.45, 7) is 4.27. The van der Waals surface area contributed by atoms with E-state index in [4.69, 9.17) is 18.9 Å². The Morgan fingerprint density at radius 1 is 1.03 bits per heavy atom. The van der Waals surface area contributed by atoms with E-state index >= 15 is 0 Å². The number of carbonyl (C=O) groups excluding carboxylic acids is 2. The van der Waals surface area contributed by atoms with Gasteiger partial charge in [-0.05, 0) is 49.6 Å². The number of carbonyl (C=O) groups is 2. The van der Waals surface area contributed by atoms with E-state index in [1.165, 1.54) is 0 Å². The molecular weight excluding hydrogens is 400 g/mol. The third-order valence-corrected chi connectivity index (χ3v) is 5.40. The number of rotatable bonds is 9. The molecule has 0 saturated heterocycles. The van der Waals surface area contributed by atoms with Gasteiger partial charge < -0.3 is 24.3 Å². The smallest absolute Gasteiger partial charge is 0.324 e. The third-order valence-electron chi connectivity index (χ3n) is 5.40. The first-order valence-corrected chi connectivity index (χ1v) is 10.2. The zero-order chi connectivity index (χ0) is 22.4. The molecule has 1 N–H and O–H groups in total. The van der Waals surface area contributed by atoms with Crippen molar-refractivity contribution in [1.29, 1.82) is 0 Å². The van der Waals surface area contributed by atoms with E-state index < -0.39 is 17.4 Å². The van der Waals surface area contributed by atoms with Crippen molar-refractivity contribution in [2.45, 2.75) is 33.2 Å². The lowest BCUT2D eigenvalue weighted by Gasteiger charge is -2.24. The SMILES string of the molecule is CCOC(=O)C1(C(=O)OCC)Cc2ccnc(NCc3ccc(OC)cc3OC)c2C1. The van der Waals surface area contributed by atoms with Gasteiger partial charge in [-0.15, -0.1) is 0 Å². The molecule has 0 fully saturated rings. The standard InChI is InChI=1S/C23H28N2O6/c1-5-30-21(26)23(22(27)31-6-2)12-15-9-10-24-20(18(15)13-23)25-14-16-7-8-17(28-3)11-19(16)29-4/h7-11H,5-6,12-14H2,1-4H3,(H,24,25). The first-order chi connectivity index (χ1) is 15.0. The molecule has 0 atom stereocenters. The Morgan fingerprint density at radius 3 is 2.35 bits per heavy atom. The number of hydrogen-bond acceptors (Lipinski definition) is 8. The normalized spacial score (nSPS) is 13.8. The highest BCUT2D eigenvalue weighted by molar-refractivity contribution is 6.02. The van der Waals surface area contributed by atoms with Crippen LogP contribution in [-0.2, 0) is 38.4 Å². The second-order valence-electron chi connectivity index (χ2n) is 7.21. The van der Waals surface area contributed by atoms with Crippen LogP contribution in [0.5, 0.6) is 11.5 Å². The van der Waals surface area contributed by atoms with E-state index in [2.05, 4.69) is 10.3 Å². The van der Waals surface area contributed by atoms with Crippen molar-refractivity contribution in [3.05, 3.63) is 47.2 Å². The maximum Gasteiger partial charge on any atom is 0.324 e. The zero-order valence-corrected chi connectivity index (χ0v) is 18.3. The molecule has 1 aromatic heterocycles. The molecule has 1 aromatic carbocycles. The molecule has 2 aromatic rings. The highest BCUT2D eigenvalue weighted by atomic mass is 16.6. The second-order valence-corrected chi connectivity index (χ2v) is 7.21. The monoisotopic (exact) mass is 428 g/mol. The number of esters is 2. The summed E-state index contributed by atoms with van der Waals surface area (Å²) < 4.78 is 21.2. The summed E-state index contributed by atoms with van der Waals surface area (Å²) in [4.78, 5) is 30.0. The van der Waals surface area contributed by atoms with Crippen LogP contribution in [-0.4, -0.2) is 44.4 Å². The number of aromatic nitrogens is 1. The Morgan fingerprint density at radius 2 is 1.74 bits per heavy atom. The number of hydrogen-bond donors (Lipinski definition) is 1. The van der Waals surface area contributed by atoms with Gasteiger partial charge in [-0.3, -0.25) is 9.59 Å². The Balaban J connectivity index is 1.86. The highest BCUT2D eigenvalue weighted by Gasteiger charge is 2.53. The van der Waals surface area contributed by atoms with Gasteiger partial charge >= 0.3 is 11.9 Å². The summed E-state index contributed by atoms with van der Waals surface area (Å²) in [6.07, 6.45) is 2.07. The van der Waals surface area contributed by atoms with Gasteiger partial charge in [-0.1, -0.05) is 0 Å². The average molecular weight is 428 g/mol. The van der Waals surface area contributed by atoms with Crippen LogP contribution in [0.3, 0.4) is 0 Å². The van der Waals surface area contributed by atoms with Crippen molar-refractivity contribution >= 4 is 17.8 Å². The minimum Gasteiger partial charge on any atom is -0.497 e.